The second kappa shape index (κ2) is 4.05. The molecule has 3 nitrogen and oxygen atoms in total. The third-order valence-corrected chi connectivity index (χ3v) is 68.4. The number of rotatable bonds is 4. The van der Waals surface area contributed by atoms with E-state index in [1.54, 1.807) is 0 Å². The van der Waals surface area contributed by atoms with Gasteiger partial charge in [0.15, 0.2) is 0 Å². The number of hydrogen-bond acceptors (Lipinski definition) is 3. The molecule has 7 heteroatoms. The summed E-state index contributed by atoms with van der Waals surface area (Å²) < 4.78 is 28.4. The van der Waals surface area contributed by atoms with E-state index in [9.17, 15) is 8.19 Å². The van der Waals surface area contributed by atoms with Crippen LogP contribution in [0.4, 0.5) is 0 Å². The molecular formula is C9H29AsO3Si3. The van der Waals surface area contributed by atoms with Gasteiger partial charge in [0.25, 0.3) is 0 Å². The third kappa shape index (κ3) is 2.91. The Morgan fingerprint density at radius 3 is 1.00 bits per heavy atom. The Morgan fingerprint density at radius 1 is 0.688 bits per heavy atom. The van der Waals surface area contributed by atoms with Gasteiger partial charge in [0.05, 0.1) is 0 Å². The standard InChI is InChI=1S/C9H29AsO3Si3/c1-14(2,3)10(11,12,15(4,5)6)13-16(7,8)9/h11-12H,1-9H3. The van der Waals surface area contributed by atoms with Crippen molar-refractivity contribution >= 4 is 33.6 Å². The van der Waals surface area contributed by atoms with Crippen molar-refractivity contribution in [1.29, 1.82) is 0 Å². The molecule has 0 aromatic carbocycles. The van der Waals surface area contributed by atoms with E-state index in [-0.39, 0.29) is 0 Å². The molecule has 0 saturated carbocycles. The summed E-state index contributed by atoms with van der Waals surface area (Å²) in [7, 11) is -1.94. The Kier molecular flexibility index (Phi) is 4.32. The summed E-state index contributed by atoms with van der Waals surface area (Å²) in [6.45, 7) is 14.1. The molecule has 0 heterocycles. The van der Waals surface area contributed by atoms with Gasteiger partial charge in [-0.2, -0.15) is 0 Å². The van der Waals surface area contributed by atoms with Gasteiger partial charge in [-0.05, 0) is 0 Å². The van der Waals surface area contributed by atoms with Gasteiger partial charge in [0, 0.05) is 0 Å². The van der Waals surface area contributed by atoms with Gasteiger partial charge < -0.3 is 0 Å². The molecule has 2 N–H and O–H groups in total. The summed E-state index contributed by atoms with van der Waals surface area (Å²) in [6, 6.07) is 0. The fourth-order valence-corrected chi connectivity index (χ4v) is 76.5. The van der Waals surface area contributed by atoms with E-state index in [4.69, 9.17) is 3.42 Å². The summed E-state index contributed by atoms with van der Waals surface area (Å²) >= 11 is -4.56. The molecule has 0 aliphatic carbocycles. The fourth-order valence-electron chi connectivity index (χ4n) is 1.80. The zero-order valence-electron chi connectivity index (χ0n) is 12.2. The van der Waals surface area contributed by atoms with E-state index >= 15 is 0 Å². The first-order chi connectivity index (χ1) is 6.51. The summed E-state index contributed by atoms with van der Waals surface area (Å²) in [6.07, 6.45) is 0. The van der Waals surface area contributed by atoms with Crippen LogP contribution in [0.15, 0.2) is 0 Å². The molecule has 0 aromatic heterocycles. The maximum atomic E-state index is 11.2. The molecule has 0 spiro atoms. The molecule has 0 aliphatic heterocycles. The number of hydrogen-bond donors (Lipinski definition) is 2. The molecule has 0 aliphatic rings. The van der Waals surface area contributed by atoms with E-state index in [1.165, 1.54) is 0 Å². The van der Waals surface area contributed by atoms with Crippen molar-refractivity contribution in [3.05, 3.63) is 0 Å². The molecule has 0 saturated heterocycles. The molecule has 0 unspecified atom stereocenters. The van der Waals surface area contributed by atoms with Crippen LogP contribution in [-0.2, 0) is 3.42 Å². The van der Waals surface area contributed by atoms with Crippen LogP contribution < -0.4 is 0 Å². The van der Waals surface area contributed by atoms with Crippen molar-refractivity contribution in [3.63, 3.8) is 0 Å². The first kappa shape index (κ1) is 17.1. The zero-order chi connectivity index (χ0) is 13.7. The predicted molar refractivity (Wildman–Crippen MR) is 81.3 cm³/mol. The van der Waals surface area contributed by atoms with E-state index in [1.807, 2.05) is 58.9 Å². The van der Waals surface area contributed by atoms with E-state index < -0.39 is 33.6 Å². The first-order valence-corrected chi connectivity index (χ1v) is 24.1. The minimum atomic E-state index is -4.56. The van der Waals surface area contributed by atoms with Crippen LogP contribution >= 0.6 is 0 Å². The molecule has 0 fully saturated rings. The Bertz CT molecular complexity index is 255. The minimum absolute atomic E-state index is 1.94. The van der Waals surface area contributed by atoms with Crippen molar-refractivity contribution in [3.8, 4) is 0 Å². The van der Waals surface area contributed by atoms with Crippen LogP contribution in [0, 0.1) is 0 Å². The van der Waals surface area contributed by atoms with Gasteiger partial charge in [-0.3, -0.25) is 0 Å². The molecule has 0 amide bonds. The second-order valence-corrected chi connectivity index (χ2v) is 53.3. The van der Waals surface area contributed by atoms with Gasteiger partial charge >= 0.3 is 104 Å². The van der Waals surface area contributed by atoms with Crippen LogP contribution in [0.5, 0.6) is 0 Å². The van der Waals surface area contributed by atoms with Crippen LogP contribution in [0.2, 0.25) is 58.9 Å². The quantitative estimate of drug-likeness (QED) is 0.771. The zero-order valence-corrected chi connectivity index (χ0v) is 17.1. The third-order valence-electron chi connectivity index (χ3n) is 2.87. The Labute approximate surface area is 104 Å². The molecule has 0 atom stereocenters. The Hall–Kier alpha value is 1.09. The summed E-state index contributed by atoms with van der Waals surface area (Å²) in [4.78, 5) is 0. The molecule has 0 radical (unpaired) electrons. The molecule has 0 rings (SSSR count). The molecule has 100 valence electrons. The van der Waals surface area contributed by atoms with E-state index in [2.05, 4.69) is 0 Å². The summed E-state index contributed by atoms with van der Waals surface area (Å²) in [5.74, 6) is 0. The van der Waals surface area contributed by atoms with E-state index in [0.717, 1.165) is 0 Å². The van der Waals surface area contributed by atoms with Crippen molar-refractivity contribution in [1.82, 2.24) is 0 Å². The van der Waals surface area contributed by atoms with Crippen LogP contribution in [0.1, 0.15) is 0 Å². The van der Waals surface area contributed by atoms with Crippen molar-refractivity contribution in [2.75, 3.05) is 0 Å². The van der Waals surface area contributed by atoms with Crippen LogP contribution in [-0.4, -0.2) is 41.7 Å². The summed E-state index contributed by atoms with van der Waals surface area (Å²) in [5, 5.41) is 0. The second-order valence-electron chi connectivity index (χ2n) is 7.49. The van der Waals surface area contributed by atoms with Gasteiger partial charge in [-0.25, -0.2) is 0 Å². The Morgan fingerprint density at radius 2 is 0.938 bits per heavy atom. The average molecular weight is 345 g/mol. The molecule has 16 heavy (non-hydrogen) atoms. The SMILES string of the molecule is C[Si](C)(C)O[As](O)(O)([Si](C)(C)C)[Si](C)(C)C. The van der Waals surface area contributed by atoms with Gasteiger partial charge in [0.1, 0.15) is 0 Å². The van der Waals surface area contributed by atoms with Gasteiger partial charge in [0.2, 0.25) is 0 Å². The molecule has 0 bridgehead atoms. The van der Waals surface area contributed by atoms with Crippen molar-refractivity contribution in [2.45, 2.75) is 58.9 Å². The maximum absolute atomic E-state index is 11.2. The molecular weight excluding hydrogens is 315 g/mol. The van der Waals surface area contributed by atoms with Gasteiger partial charge in [-0.1, -0.05) is 0 Å². The normalized spacial score (nSPS) is 18.1. The first-order valence-electron chi connectivity index (χ1n) is 5.73. The fraction of sp³-hybridized carbons (Fsp3) is 1.00. The predicted octanol–water partition coefficient (Wildman–Crippen LogP) is 2.55. The van der Waals surface area contributed by atoms with E-state index in [0.29, 0.717) is 0 Å². The summed E-state index contributed by atoms with van der Waals surface area (Å²) in [5.41, 5.74) is 0. The average Bonchev–Trinajstić information content (AvgIpc) is 1.74. The topological polar surface area (TPSA) is 49.7 Å². The van der Waals surface area contributed by atoms with Gasteiger partial charge in [-0.15, -0.1) is 0 Å². The molecule has 0 aromatic rings. The van der Waals surface area contributed by atoms with Crippen LogP contribution in [0.3, 0.4) is 0 Å². The van der Waals surface area contributed by atoms with Crippen molar-refractivity contribution < 1.29 is 11.6 Å². The monoisotopic (exact) mass is 344 g/mol. The van der Waals surface area contributed by atoms with Crippen LogP contribution in [0.25, 0.3) is 0 Å². The Balaban J connectivity index is 5.75. The van der Waals surface area contributed by atoms with Crippen molar-refractivity contribution in [2.24, 2.45) is 0 Å².